The minimum Gasteiger partial charge on any atom is -0.351 e. The Labute approximate surface area is 260 Å². The third kappa shape index (κ3) is 7.90. The number of rotatable bonds is 10. The number of amides is 5. The van der Waals surface area contributed by atoms with E-state index in [1.807, 2.05) is 48.6 Å². The van der Waals surface area contributed by atoms with Crippen LogP contribution in [0.3, 0.4) is 0 Å². The molecular formula is C33H33N9O3. The van der Waals surface area contributed by atoms with E-state index in [0.29, 0.717) is 35.6 Å². The van der Waals surface area contributed by atoms with Gasteiger partial charge in [-0.1, -0.05) is 36.4 Å². The third-order valence-corrected chi connectivity index (χ3v) is 6.97. The minimum atomic E-state index is -0.803. The second kappa shape index (κ2) is 14.0. The molecule has 0 saturated heterocycles. The maximum absolute atomic E-state index is 13.8. The Morgan fingerprint density at radius 3 is 2.20 bits per heavy atom. The van der Waals surface area contributed by atoms with Crippen LogP contribution in [0.1, 0.15) is 15.9 Å². The number of allylic oxidation sites excluding steroid dienone is 1. The van der Waals surface area contributed by atoms with Crippen molar-refractivity contribution in [2.75, 3.05) is 27.1 Å². The summed E-state index contributed by atoms with van der Waals surface area (Å²) in [4.78, 5) is 43.0. The SMILES string of the molecule is NC(=O)Nc1cccc(N2CC=C(C(N)NN(C(=O)c3ccccc3)c3cccc(NC(N)=O)c3)C=C2Cc2ccncc2)c1. The first-order chi connectivity index (χ1) is 21.8. The summed E-state index contributed by atoms with van der Waals surface area (Å²) in [6.07, 6.45) is 7.18. The first-order valence-electron chi connectivity index (χ1n) is 14.1. The number of primary amides is 2. The van der Waals surface area contributed by atoms with Crippen LogP contribution in [0.2, 0.25) is 0 Å². The van der Waals surface area contributed by atoms with Crippen molar-refractivity contribution >= 4 is 40.7 Å². The molecule has 5 amide bonds. The van der Waals surface area contributed by atoms with E-state index < -0.39 is 18.2 Å². The smallest absolute Gasteiger partial charge is 0.316 e. The summed E-state index contributed by atoms with van der Waals surface area (Å²) in [6, 6.07) is 25.4. The van der Waals surface area contributed by atoms with Gasteiger partial charge in [0.05, 0.1) is 11.9 Å². The van der Waals surface area contributed by atoms with Crippen LogP contribution in [0.5, 0.6) is 0 Å². The molecule has 4 aromatic rings. The van der Waals surface area contributed by atoms with Crippen molar-refractivity contribution in [1.29, 1.82) is 0 Å². The van der Waals surface area contributed by atoms with Gasteiger partial charge >= 0.3 is 12.1 Å². The number of anilines is 4. The van der Waals surface area contributed by atoms with Crippen LogP contribution in [0.25, 0.3) is 0 Å². The quantitative estimate of drug-likeness (QED) is 0.116. The highest BCUT2D eigenvalue weighted by Crippen LogP contribution is 2.29. The fourth-order valence-electron chi connectivity index (χ4n) is 4.92. The molecular weight excluding hydrogens is 570 g/mol. The molecule has 1 unspecified atom stereocenters. The number of pyridine rings is 1. The van der Waals surface area contributed by atoms with Gasteiger partial charge in [-0.15, -0.1) is 0 Å². The molecule has 0 radical (unpaired) electrons. The van der Waals surface area contributed by atoms with Gasteiger partial charge in [-0.3, -0.25) is 9.78 Å². The standard InChI is InChI=1S/C33H33N9O3/c34-30(40-42(31(43)23-6-2-1-3-7-23)28-11-5-9-26(21-28)39-33(36)45)24-14-17-41(27-10-4-8-25(20-27)38-32(35)44)29(19-24)18-22-12-15-37-16-13-22/h1-16,19-21,30,40H,17-18,34H2,(H3,35,38,44)(H3,36,39,45). The number of benzene rings is 3. The number of nitrogens with one attached hydrogen (secondary N) is 3. The molecule has 0 aliphatic carbocycles. The van der Waals surface area contributed by atoms with E-state index in [9.17, 15) is 14.4 Å². The minimum absolute atomic E-state index is 0.347. The number of nitrogens with two attached hydrogens (primary N) is 3. The lowest BCUT2D eigenvalue weighted by Crippen LogP contribution is -2.53. The van der Waals surface area contributed by atoms with E-state index in [1.165, 1.54) is 5.01 Å². The molecule has 0 fully saturated rings. The Morgan fingerprint density at radius 2 is 1.51 bits per heavy atom. The number of hydrogen-bond donors (Lipinski definition) is 6. The van der Waals surface area contributed by atoms with Gasteiger partial charge in [0.1, 0.15) is 0 Å². The van der Waals surface area contributed by atoms with Gasteiger partial charge in [-0.05, 0) is 77.9 Å². The number of urea groups is 2. The second-order valence-electron chi connectivity index (χ2n) is 10.2. The predicted molar refractivity (Wildman–Crippen MR) is 175 cm³/mol. The van der Waals surface area contributed by atoms with Crippen molar-refractivity contribution in [2.45, 2.75) is 12.6 Å². The molecule has 0 bridgehead atoms. The monoisotopic (exact) mass is 603 g/mol. The zero-order valence-electron chi connectivity index (χ0n) is 24.3. The number of hydrazine groups is 1. The zero-order chi connectivity index (χ0) is 31.8. The molecule has 0 spiro atoms. The summed E-state index contributed by atoms with van der Waals surface area (Å²) in [6.45, 7) is 0.465. The van der Waals surface area contributed by atoms with E-state index in [4.69, 9.17) is 17.2 Å². The molecule has 12 nitrogen and oxygen atoms in total. The predicted octanol–water partition coefficient (Wildman–Crippen LogP) is 4.07. The van der Waals surface area contributed by atoms with Crippen molar-refractivity contribution in [3.63, 3.8) is 0 Å². The van der Waals surface area contributed by atoms with Crippen LogP contribution in [0, 0.1) is 0 Å². The number of aromatic nitrogens is 1. The van der Waals surface area contributed by atoms with E-state index in [1.54, 1.807) is 67.0 Å². The first kappa shape index (κ1) is 30.5. The van der Waals surface area contributed by atoms with Crippen molar-refractivity contribution in [2.24, 2.45) is 17.2 Å². The maximum atomic E-state index is 13.8. The molecule has 1 aliphatic heterocycles. The van der Waals surface area contributed by atoms with Crippen molar-refractivity contribution in [3.05, 3.63) is 138 Å². The Kier molecular flexibility index (Phi) is 9.48. The fraction of sp³-hybridized carbons (Fsp3) is 0.0909. The highest BCUT2D eigenvalue weighted by Gasteiger charge is 2.25. The average molecular weight is 604 g/mol. The molecule has 228 valence electrons. The van der Waals surface area contributed by atoms with Gasteiger partial charge in [0.2, 0.25) is 0 Å². The van der Waals surface area contributed by atoms with Gasteiger partial charge in [0.15, 0.2) is 0 Å². The van der Waals surface area contributed by atoms with Crippen LogP contribution in [-0.4, -0.2) is 35.7 Å². The largest absolute Gasteiger partial charge is 0.351 e. The van der Waals surface area contributed by atoms with Gasteiger partial charge in [-0.25, -0.2) is 20.0 Å². The fourth-order valence-corrected chi connectivity index (χ4v) is 4.92. The zero-order valence-corrected chi connectivity index (χ0v) is 24.3. The molecule has 12 heteroatoms. The third-order valence-electron chi connectivity index (χ3n) is 6.97. The first-order valence-corrected chi connectivity index (χ1v) is 14.1. The van der Waals surface area contributed by atoms with Crippen LogP contribution in [-0.2, 0) is 6.42 Å². The van der Waals surface area contributed by atoms with Crippen LogP contribution in [0.4, 0.5) is 32.3 Å². The lowest BCUT2D eigenvalue weighted by molar-refractivity contribution is 0.0971. The molecule has 5 rings (SSSR count). The Bertz CT molecular complexity index is 1740. The van der Waals surface area contributed by atoms with Gasteiger partial charge in [0, 0.05) is 53.7 Å². The van der Waals surface area contributed by atoms with Gasteiger partial charge in [-0.2, -0.15) is 0 Å². The normalized spacial score (nSPS) is 13.2. The maximum Gasteiger partial charge on any atom is 0.316 e. The topological polar surface area (TPSA) is 185 Å². The molecule has 0 saturated carbocycles. The number of carbonyl (C=O) groups is 3. The van der Waals surface area contributed by atoms with Gasteiger partial charge < -0.3 is 32.7 Å². The lowest BCUT2D eigenvalue weighted by Gasteiger charge is -2.33. The number of carbonyl (C=O) groups excluding carboxylic acids is 3. The molecule has 45 heavy (non-hydrogen) atoms. The van der Waals surface area contributed by atoms with Crippen LogP contribution >= 0.6 is 0 Å². The van der Waals surface area contributed by atoms with Crippen molar-refractivity contribution in [1.82, 2.24) is 10.4 Å². The highest BCUT2D eigenvalue weighted by atomic mass is 16.2. The molecule has 1 aromatic heterocycles. The Hall–Kier alpha value is -5.98. The van der Waals surface area contributed by atoms with Crippen molar-refractivity contribution < 1.29 is 14.4 Å². The number of hydrogen-bond acceptors (Lipinski definition) is 7. The summed E-state index contributed by atoms with van der Waals surface area (Å²) in [7, 11) is 0. The van der Waals surface area contributed by atoms with Crippen molar-refractivity contribution in [3.8, 4) is 0 Å². The summed E-state index contributed by atoms with van der Waals surface area (Å²) in [5.41, 5.74) is 26.0. The lowest BCUT2D eigenvalue weighted by atomic mass is 10.0. The van der Waals surface area contributed by atoms with Crippen LogP contribution < -0.4 is 43.2 Å². The van der Waals surface area contributed by atoms with E-state index in [0.717, 1.165) is 22.5 Å². The van der Waals surface area contributed by atoms with Crippen LogP contribution in [0.15, 0.2) is 127 Å². The summed E-state index contributed by atoms with van der Waals surface area (Å²) < 4.78 is 0. The Morgan fingerprint density at radius 1 is 0.844 bits per heavy atom. The molecule has 1 atom stereocenters. The second-order valence-corrected chi connectivity index (χ2v) is 10.2. The summed E-state index contributed by atoms with van der Waals surface area (Å²) >= 11 is 0. The summed E-state index contributed by atoms with van der Waals surface area (Å²) in [5.74, 6) is -0.347. The average Bonchev–Trinajstić information content (AvgIpc) is 3.04. The summed E-state index contributed by atoms with van der Waals surface area (Å²) in [5, 5.41) is 6.52. The molecule has 3 aromatic carbocycles. The van der Waals surface area contributed by atoms with Gasteiger partial charge in [0.25, 0.3) is 5.91 Å². The molecule has 1 aliphatic rings. The molecule has 9 N–H and O–H groups in total. The van der Waals surface area contributed by atoms with E-state index >= 15 is 0 Å². The Balaban J connectivity index is 1.46. The highest BCUT2D eigenvalue weighted by molar-refractivity contribution is 6.06. The molecule has 2 heterocycles. The van der Waals surface area contributed by atoms with E-state index in [2.05, 4.69) is 25.9 Å². The number of nitrogens with zero attached hydrogens (tertiary/aromatic N) is 3. The van der Waals surface area contributed by atoms with E-state index in [-0.39, 0.29) is 5.91 Å².